The van der Waals surface area contributed by atoms with Gasteiger partial charge in [-0.2, -0.15) is 0 Å². The second-order valence-electron chi connectivity index (χ2n) is 5.81. The lowest BCUT2D eigenvalue weighted by molar-refractivity contribution is -0.116. The summed E-state index contributed by atoms with van der Waals surface area (Å²) in [5.41, 5.74) is 0.845. The van der Waals surface area contributed by atoms with Crippen LogP contribution < -0.4 is 5.32 Å². The van der Waals surface area contributed by atoms with E-state index in [0.29, 0.717) is 25.5 Å². The molecule has 5 nitrogen and oxygen atoms in total. The van der Waals surface area contributed by atoms with Crippen molar-refractivity contribution >= 4 is 12.0 Å². The summed E-state index contributed by atoms with van der Waals surface area (Å²) in [6.45, 7) is 3.17. The number of furan rings is 1. The maximum atomic E-state index is 13.6. The summed E-state index contributed by atoms with van der Waals surface area (Å²) in [6.07, 6.45) is 4.60. The lowest BCUT2D eigenvalue weighted by Gasteiger charge is -2.34. The van der Waals surface area contributed by atoms with Crippen LogP contribution in [0.3, 0.4) is 0 Å². The van der Waals surface area contributed by atoms with E-state index in [1.165, 1.54) is 18.2 Å². The number of hydrogen-bond acceptors (Lipinski definition) is 4. The lowest BCUT2D eigenvalue weighted by Crippen LogP contribution is -2.43. The minimum Gasteiger partial charge on any atom is -0.465 e. The fraction of sp³-hybridized carbons (Fsp3) is 0.316. The molecular formula is C19H21FN2O3. The SMILES string of the molecule is O=C(/C=C\c1ccco1)NC[C@H](c1cccc(F)c1)N1CCOCC1. The van der Waals surface area contributed by atoms with E-state index in [2.05, 4.69) is 10.2 Å². The van der Waals surface area contributed by atoms with Gasteiger partial charge in [0.2, 0.25) is 5.91 Å². The number of benzene rings is 1. The Balaban J connectivity index is 1.65. The molecule has 1 aliphatic rings. The standard InChI is InChI=1S/C19H21FN2O3/c20-16-4-1-3-15(13-16)18(22-8-11-24-12-9-22)14-21-19(23)7-6-17-5-2-10-25-17/h1-7,10,13,18H,8-9,11-12,14H2,(H,21,23)/b7-6-/t18-/m1/s1. The zero-order valence-corrected chi connectivity index (χ0v) is 13.9. The Labute approximate surface area is 146 Å². The topological polar surface area (TPSA) is 54.7 Å². The third-order valence-corrected chi connectivity index (χ3v) is 4.13. The molecule has 0 spiro atoms. The van der Waals surface area contributed by atoms with Gasteiger partial charge < -0.3 is 14.5 Å². The van der Waals surface area contributed by atoms with Crippen LogP contribution >= 0.6 is 0 Å². The number of hydrogen-bond donors (Lipinski definition) is 1. The number of nitrogens with zero attached hydrogens (tertiary/aromatic N) is 1. The van der Waals surface area contributed by atoms with Crippen molar-refractivity contribution in [1.82, 2.24) is 10.2 Å². The fourth-order valence-corrected chi connectivity index (χ4v) is 2.86. The molecule has 0 aliphatic carbocycles. The smallest absolute Gasteiger partial charge is 0.244 e. The van der Waals surface area contributed by atoms with Crippen LogP contribution in [-0.2, 0) is 9.53 Å². The summed E-state index contributed by atoms with van der Waals surface area (Å²) in [6, 6.07) is 9.95. The molecule has 1 atom stereocenters. The summed E-state index contributed by atoms with van der Waals surface area (Å²) in [5, 5.41) is 2.89. The van der Waals surface area contributed by atoms with Gasteiger partial charge in [-0.1, -0.05) is 12.1 Å². The minimum atomic E-state index is -0.278. The van der Waals surface area contributed by atoms with E-state index in [-0.39, 0.29) is 17.8 Å². The van der Waals surface area contributed by atoms with Crippen LogP contribution in [0.1, 0.15) is 17.4 Å². The zero-order valence-electron chi connectivity index (χ0n) is 13.9. The Hall–Kier alpha value is -2.44. The first-order chi connectivity index (χ1) is 12.2. The average Bonchev–Trinajstić information content (AvgIpc) is 3.15. The van der Waals surface area contributed by atoms with Gasteiger partial charge in [0, 0.05) is 25.7 Å². The van der Waals surface area contributed by atoms with Gasteiger partial charge in [-0.05, 0) is 35.9 Å². The van der Waals surface area contributed by atoms with Crippen LogP contribution in [0.5, 0.6) is 0 Å². The highest BCUT2D eigenvalue weighted by molar-refractivity contribution is 5.91. The highest BCUT2D eigenvalue weighted by atomic mass is 19.1. The highest BCUT2D eigenvalue weighted by Gasteiger charge is 2.23. The molecule has 6 heteroatoms. The van der Waals surface area contributed by atoms with Crippen molar-refractivity contribution in [2.24, 2.45) is 0 Å². The summed E-state index contributed by atoms with van der Waals surface area (Å²) >= 11 is 0. The minimum absolute atomic E-state index is 0.0967. The van der Waals surface area contributed by atoms with E-state index in [9.17, 15) is 9.18 Å². The molecule has 0 unspecified atom stereocenters. The van der Waals surface area contributed by atoms with Crippen LogP contribution in [0.15, 0.2) is 53.2 Å². The maximum Gasteiger partial charge on any atom is 0.244 e. The number of halogens is 1. The first-order valence-electron chi connectivity index (χ1n) is 8.29. The Morgan fingerprint density at radius 1 is 1.28 bits per heavy atom. The second-order valence-corrected chi connectivity index (χ2v) is 5.81. The third kappa shape index (κ3) is 5.01. The number of morpholine rings is 1. The number of carbonyl (C=O) groups excluding carboxylic acids is 1. The number of nitrogens with one attached hydrogen (secondary N) is 1. The van der Waals surface area contributed by atoms with Gasteiger partial charge in [0.05, 0.1) is 25.5 Å². The first kappa shape index (κ1) is 17.4. The Morgan fingerprint density at radius 2 is 2.12 bits per heavy atom. The van der Waals surface area contributed by atoms with Crippen LogP contribution in [0.4, 0.5) is 4.39 Å². The largest absolute Gasteiger partial charge is 0.465 e. The molecule has 0 saturated carbocycles. The van der Waals surface area contributed by atoms with E-state index in [1.54, 1.807) is 30.5 Å². The molecule has 0 radical (unpaired) electrons. The van der Waals surface area contributed by atoms with Gasteiger partial charge in [-0.15, -0.1) is 0 Å². The van der Waals surface area contributed by atoms with Crippen molar-refractivity contribution < 1.29 is 18.3 Å². The number of carbonyl (C=O) groups is 1. The summed E-state index contributed by atoms with van der Waals surface area (Å²) in [5.74, 6) is 0.121. The Morgan fingerprint density at radius 3 is 2.84 bits per heavy atom. The molecule has 1 aromatic heterocycles. The van der Waals surface area contributed by atoms with Crippen molar-refractivity contribution in [2.75, 3.05) is 32.8 Å². The first-order valence-corrected chi connectivity index (χ1v) is 8.29. The van der Waals surface area contributed by atoms with E-state index >= 15 is 0 Å². The van der Waals surface area contributed by atoms with Gasteiger partial charge in [0.25, 0.3) is 0 Å². The molecule has 1 saturated heterocycles. The molecule has 132 valence electrons. The number of amides is 1. The number of ether oxygens (including phenoxy) is 1. The fourth-order valence-electron chi connectivity index (χ4n) is 2.86. The normalized spacial score (nSPS) is 16.8. The molecule has 1 N–H and O–H groups in total. The molecule has 2 aromatic rings. The van der Waals surface area contributed by atoms with E-state index in [1.807, 2.05) is 6.07 Å². The molecule has 2 heterocycles. The molecule has 1 amide bonds. The third-order valence-electron chi connectivity index (χ3n) is 4.13. The van der Waals surface area contributed by atoms with Crippen LogP contribution in [0, 0.1) is 5.82 Å². The predicted octanol–water partition coefficient (Wildman–Crippen LogP) is 2.62. The van der Waals surface area contributed by atoms with Crippen LogP contribution in [-0.4, -0.2) is 43.7 Å². The summed E-state index contributed by atoms with van der Waals surface area (Å²) in [4.78, 5) is 14.3. The van der Waals surface area contributed by atoms with Crippen molar-refractivity contribution in [2.45, 2.75) is 6.04 Å². The van der Waals surface area contributed by atoms with E-state index < -0.39 is 0 Å². The monoisotopic (exact) mass is 344 g/mol. The maximum absolute atomic E-state index is 13.6. The quantitative estimate of drug-likeness (QED) is 0.819. The molecule has 0 bridgehead atoms. The van der Waals surface area contributed by atoms with Crippen molar-refractivity contribution in [1.29, 1.82) is 0 Å². The van der Waals surface area contributed by atoms with Crippen LogP contribution in [0.2, 0.25) is 0 Å². The van der Waals surface area contributed by atoms with Crippen molar-refractivity contribution in [3.05, 3.63) is 65.9 Å². The van der Waals surface area contributed by atoms with Gasteiger partial charge in [0.1, 0.15) is 11.6 Å². The van der Waals surface area contributed by atoms with Gasteiger partial charge in [-0.25, -0.2) is 4.39 Å². The highest BCUT2D eigenvalue weighted by Crippen LogP contribution is 2.22. The summed E-state index contributed by atoms with van der Waals surface area (Å²) < 4.78 is 24.2. The van der Waals surface area contributed by atoms with Crippen molar-refractivity contribution in [3.63, 3.8) is 0 Å². The molecule has 1 fully saturated rings. The Bertz CT molecular complexity index is 709. The van der Waals surface area contributed by atoms with Gasteiger partial charge in [0.15, 0.2) is 0 Å². The lowest BCUT2D eigenvalue weighted by atomic mass is 10.0. The molecule has 3 rings (SSSR count). The van der Waals surface area contributed by atoms with Gasteiger partial charge in [-0.3, -0.25) is 9.69 Å². The Kier molecular flexibility index (Phi) is 5.98. The number of rotatable bonds is 6. The van der Waals surface area contributed by atoms with Crippen LogP contribution in [0.25, 0.3) is 6.08 Å². The summed E-state index contributed by atoms with van der Waals surface area (Å²) in [7, 11) is 0. The molecular weight excluding hydrogens is 323 g/mol. The molecule has 1 aromatic carbocycles. The molecule has 25 heavy (non-hydrogen) atoms. The van der Waals surface area contributed by atoms with Crippen molar-refractivity contribution in [3.8, 4) is 0 Å². The van der Waals surface area contributed by atoms with E-state index in [4.69, 9.17) is 9.15 Å². The molecule has 1 aliphatic heterocycles. The predicted molar refractivity (Wildman–Crippen MR) is 92.3 cm³/mol. The average molecular weight is 344 g/mol. The zero-order chi connectivity index (χ0) is 17.5. The van der Waals surface area contributed by atoms with E-state index in [0.717, 1.165) is 18.7 Å². The van der Waals surface area contributed by atoms with Gasteiger partial charge >= 0.3 is 0 Å². The second kappa shape index (κ2) is 8.60.